The van der Waals surface area contributed by atoms with Crippen molar-refractivity contribution in [2.45, 2.75) is 19.6 Å². The lowest BCUT2D eigenvalue weighted by molar-refractivity contribution is 1.39. The van der Waals surface area contributed by atoms with Crippen LogP contribution in [0.4, 0.5) is 11.4 Å². The normalized spacial score (nSPS) is 11.7. The van der Waals surface area contributed by atoms with E-state index in [1.54, 1.807) is 0 Å². The summed E-state index contributed by atoms with van der Waals surface area (Å²) in [4.78, 5) is 4.59. The first-order valence-corrected chi connectivity index (χ1v) is 9.96. The van der Waals surface area contributed by atoms with E-state index >= 15 is 0 Å². The molecule has 19 heavy (non-hydrogen) atoms. The Morgan fingerprint density at radius 2 is 1.37 bits per heavy atom. The molecular weight excluding hydrogens is 248 g/mol. The molecule has 2 aromatic rings. The van der Waals surface area contributed by atoms with Crippen molar-refractivity contribution in [1.82, 2.24) is 0 Å². The third kappa shape index (κ3) is 3.79. The van der Waals surface area contributed by atoms with E-state index in [-0.39, 0.29) is 0 Å². The summed E-state index contributed by atoms with van der Waals surface area (Å²) in [6, 6.07) is 20.5. The molecule has 98 valence electrons. The van der Waals surface area contributed by atoms with Crippen LogP contribution < -0.4 is 4.57 Å². The maximum absolute atomic E-state index is 4.59. The fourth-order valence-electron chi connectivity index (χ4n) is 1.85. The van der Waals surface area contributed by atoms with Crippen molar-refractivity contribution >= 4 is 25.9 Å². The second-order valence-electron chi connectivity index (χ2n) is 5.46. The van der Waals surface area contributed by atoms with Gasteiger partial charge < -0.3 is 4.57 Å². The Hall–Kier alpha value is -1.87. The molecule has 0 amide bonds. The highest BCUT2D eigenvalue weighted by atomic mass is 28.3. The molecular formula is C16H20N2Si. The first-order chi connectivity index (χ1) is 9.07. The van der Waals surface area contributed by atoms with Crippen molar-refractivity contribution in [3.05, 3.63) is 60.7 Å². The van der Waals surface area contributed by atoms with Crippen LogP contribution in [-0.4, -0.2) is 14.6 Å². The van der Waals surface area contributed by atoms with Gasteiger partial charge >= 0.3 is 0 Å². The van der Waals surface area contributed by atoms with E-state index in [9.17, 15) is 0 Å². The van der Waals surface area contributed by atoms with Gasteiger partial charge in [-0.25, -0.2) is 4.99 Å². The van der Waals surface area contributed by atoms with Crippen LogP contribution in [0.2, 0.25) is 19.6 Å². The summed E-state index contributed by atoms with van der Waals surface area (Å²) in [6.07, 6.45) is 1.97. The molecule has 0 heterocycles. The molecule has 0 spiro atoms. The summed E-state index contributed by atoms with van der Waals surface area (Å²) in [5.41, 5.74) is 2.20. The maximum atomic E-state index is 4.59. The summed E-state index contributed by atoms with van der Waals surface area (Å²) >= 11 is 0. The van der Waals surface area contributed by atoms with Crippen LogP contribution in [0.15, 0.2) is 65.7 Å². The summed E-state index contributed by atoms with van der Waals surface area (Å²) in [7, 11) is -1.50. The van der Waals surface area contributed by atoms with E-state index in [1.807, 2.05) is 42.7 Å². The Morgan fingerprint density at radius 3 is 1.89 bits per heavy atom. The van der Waals surface area contributed by atoms with Gasteiger partial charge in [-0.05, 0) is 24.3 Å². The molecule has 0 aromatic heterocycles. The lowest BCUT2D eigenvalue weighted by Crippen LogP contribution is -2.45. The van der Waals surface area contributed by atoms with Crippen molar-refractivity contribution in [3.63, 3.8) is 0 Å². The van der Waals surface area contributed by atoms with Crippen LogP contribution >= 0.6 is 0 Å². The molecule has 0 unspecified atom stereocenters. The van der Waals surface area contributed by atoms with Gasteiger partial charge in [-0.15, -0.1) is 0 Å². The Balaban J connectivity index is 2.28. The minimum atomic E-state index is -1.50. The van der Waals surface area contributed by atoms with Gasteiger partial charge in [0.2, 0.25) is 0 Å². The van der Waals surface area contributed by atoms with Crippen molar-refractivity contribution in [2.75, 3.05) is 4.57 Å². The van der Waals surface area contributed by atoms with Crippen molar-refractivity contribution in [1.29, 1.82) is 0 Å². The average molecular weight is 268 g/mol. The fraction of sp³-hybridized carbons (Fsp3) is 0.188. The summed E-state index contributed by atoms with van der Waals surface area (Å²) in [5.74, 6) is 0. The zero-order valence-electron chi connectivity index (χ0n) is 11.7. The van der Waals surface area contributed by atoms with Crippen LogP contribution in [0.5, 0.6) is 0 Å². The quantitative estimate of drug-likeness (QED) is 0.446. The molecule has 0 aliphatic carbocycles. The van der Waals surface area contributed by atoms with E-state index < -0.39 is 8.24 Å². The Kier molecular flexibility index (Phi) is 4.17. The highest BCUT2D eigenvalue weighted by Crippen LogP contribution is 2.20. The predicted molar refractivity (Wildman–Crippen MR) is 86.9 cm³/mol. The molecule has 0 saturated heterocycles. The molecule has 2 nitrogen and oxygen atoms in total. The fourth-order valence-corrected chi connectivity index (χ4v) is 3.18. The Morgan fingerprint density at radius 1 is 0.842 bits per heavy atom. The van der Waals surface area contributed by atoms with Gasteiger partial charge in [0.15, 0.2) is 8.24 Å². The third-order valence-electron chi connectivity index (χ3n) is 2.84. The van der Waals surface area contributed by atoms with Gasteiger partial charge in [0.1, 0.15) is 0 Å². The third-order valence-corrected chi connectivity index (χ3v) is 4.65. The van der Waals surface area contributed by atoms with E-state index in [0.717, 1.165) is 5.69 Å². The molecule has 2 aromatic carbocycles. The number of anilines is 1. The molecule has 3 heteroatoms. The molecule has 0 aliphatic heterocycles. The second kappa shape index (κ2) is 5.84. The number of benzene rings is 2. The highest BCUT2D eigenvalue weighted by molar-refractivity contribution is 6.82. The monoisotopic (exact) mass is 268 g/mol. The first-order valence-electron chi connectivity index (χ1n) is 6.51. The first kappa shape index (κ1) is 13.6. The van der Waals surface area contributed by atoms with Gasteiger partial charge in [0.05, 0.1) is 12.0 Å². The average Bonchev–Trinajstić information content (AvgIpc) is 2.40. The summed E-state index contributed by atoms with van der Waals surface area (Å²) in [5, 5.41) is 0. The molecule has 0 radical (unpaired) electrons. The smallest absolute Gasteiger partial charge is 0.154 e. The van der Waals surface area contributed by atoms with Crippen LogP contribution in [0, 0.1) is 0 Å². The molecule has 0 bridgehead atoms. The van der Waals surface area contributed by atoms with Crippen molar-refractivity contribution in [2.24, 2.45) is 4.99 Å². The van der Waals surface area contributed by atoms with Crippen LogP contribution in [0.3, 0.4) is 0 Å². The number of rotatable bonds is 4. The van der Waals surface area contributed by atoms with Crippen LogP contribution in [0.25, 0.3) is 0 Å². The van der Waals surface area contributed by atoms with Crippen molar-refractivity contribution in [3.8, 4) is 0 Å². The molecule has 0 saturated carbocycles. The lowest BCUT2D eigenvalue weighted by atomic mass is 10.3. The zero-order valence-corrected chi connectivity index (χ0v) is 12.7. The van der Waals surface area contributed by atoms with Gasteiger partial charge in [-0.2, -0.15) is 0 Å². The summed E-state index contributed by atoms with van der Waals surface area (Å²) < 4.78 is 2.32. The minimum absolute atomic E-state index is 0.988. The van der Waals surface area contributed by atoms with E-state index in [0.29, 0.717) is 0 Å². The van der Waals surface area contributed by atoms with Crippen molar-refractivity contribution < 1.29 is 0 Å². The van der Waals surface area contributed by atoms with E-state index in [1.165, 1.54) is 5.69 Å². The maximum Gasteiger partial charge on any atom is 0.154 e. The molecule has 0 N–H and O–H groups in total. The van der Waals surface area contributed by atoms with Gasteiger partial charge in [-0.1, -0.05) is 56.0 Å². The molecule has 0 fully saturated rings. The SMILES string of the molecule is C[Si](C)(C)N(C=Nc1ccccc1)c1ccccc1. The van der Waals surface area contributed by atoms with Gasteiger partial charge in [0, 0.05) is 5.69 Å². The van der Waals surface area contributed by atoms with Crippen LogP contribution in [0.1, 0.15) is 0 Å². The Bertz CT molecular complexity index is 530. The lowest BCUT2D eigenvalue weighted by Gasteiger charge is -2.32. The van der Waals surface area contributed by atoms with Crippen LogP contribution in [-0.2, 0) is 0 Å². The topological polar surface area (TPSA) is 15.6 Å². The highest BCUT2D eigenvalue weighted by Gasteiger charge is 2.22. The number of hydrogen-bond acceptors (Lipinski definition) is 1. The predicted octanol–water partition coefficient (Wildman–Crippen LogP) is 4.69. The number of nitrogens with zero attached hydrogens (tertiary/aromatic N) is 2. The largest absolute Gasteiger partial charge is 0.361 e. The van der Waals surface area contributed by atoms with E-state index in [4.69, 9.17) is 0 Å². The zero-order chi connectivity index (χ0) is 13.7. The standard InChI is InChI=1S/C16H20N2Si/c1-19(2,3)18(16-12-8-5-9-13-16)14-17-15-10-6-4-7-11-15/h4-14H,1-3H3. The molecule has 0 aliphatic rings. The number of aliphatic imine (C=N–C) groups is 1. The minimum Gasteiger partial charge on any atom is -0.361 e. The van der Waals surface area contributed by atoms with E-state index in [2.05, 4.69) is 53.5 Å². The van der Waals surface area contributed by atoms with Gasteiger partial charge in [0.25, 0.3) is 0 Å². The summed E-state index contributed by atoms with van der Waals surface area (Å²) in [6.45, 7) is 6.95. The number of para-hydroxylation sites is 2. The molecule has 2 rings (SSSR count). The Labute approximate surface area is 116 Å². The number of hydrogen-bond donors (Lipinski definition) is 0. The molecule has 0 atom stereocenters. The second-order valence-corrected chi connectivity index (χ2v) is 10.3. The van der Waals surface area contributed by atoms with Gasteiger partial charge in [-0.3, -0.25) is 0 Å².